The van der Waals surface area contributed by atoms with Crippen molar-refractivity contribution in [3.05, 3.63) is 33.3 Å². The van der Waals surface area contributed by atoms with Gasteiger partial charge in [0.05, 0.1) is 9.95 Å². The van der Waals surface area contributed by atoms with Crippen LogP contribution in [0.3, 0.4) is 0 Å². The molecule has 0 heterocycles. The molecule has 0 spiro atoms. The lowest BCUT2D eigenvalue weighted by atomic mass is 10.3. The zero-order valence-corrected chi connectivity index (χ0v) is 9.64. The first kappa shape index (κ1) is 13.7. The smallest absolute Gasteiger partial charge is 0.318 e. The Kier molecular flexibility index (Phi) is 4.44. The predicted molar refractivity (Wildman–Crippen MR) is 61.3 cm³/mol. The Balaban J connectivity index is 2.66. The lowest BCUT2D eigenvalue weighted by molar-refractivity contribution is -0.384. The summed E-state index contributed by atoms with van der Waals surface area (Å²) in [5.41, 5.74) is 4.52. The molecule has 0 aliphatic heterocycles. The highest BCUT2D eigenvalue weighted by molar-refractivity contribution is 6.32. The molecule has 0 atom stereocenters. The highest BCUT2D eigenvalue weighted by Gasteiger charge is 2.12. The van der Waals surface area contributed by atoms with Crippen molar-refractivity contribution in [3.63, 3.8) is 0 Å². The Labute approximate surface area is 106 Å². The first-order chi connectivity index (χ1) is 8.40. The van der Waals surface area contributed by atoms with Crippen molar-refractivity contribution in [2.24, 2.45) is 5.73 Å². The normalized spacial score (nSPS) is 9.61. The molecule has 8 nitrogen and oxygen atoms in total. The molecule has 0 aliphatic rings. The van der Waals surface area contributed by atoms with Crippen LogP contribution >= 0.6 is 11.6 Å². The average molecular weight is 274 g/mol. The first-order valence-electron chi connectivity index (χ1n) is 4.56. The summed E-state index contributed by atoms with van der Waals surface area (Å²) in [7, 11) is 0. The van der Waals surface area contributed by atoms with E-state index in [9.17, 15) is 19.7 Å². The molecule has 1 rings (SSSR count). The van der Waals surface area contributed by atoms with Gasteiger partial charge in [-0.2, -0.15) is 0 Å². The van der Waals surface area contributed by atoms with Crippen molar-refractivity contribution in [2.45, 2.75) is 0 Å². The fourth-order valence-electron chi connectivity index (χ4n) is 1.04. The summed E-state index contributed by atoms with van der Waals surface area (Å²) < 4.78 is 4.96. The van der Waals surface area contributed by atoms with Gasteiger partial charge >= 0.3 is 6.03 Å². The number of benzene rings is 1. The Morgan fingerprint density at radius 2 is 2.17 bits per heavy atom. The van der Waals surface area contributed by atoms with Crippen molar-refractivity contribution >= 4 is 29.2 Å². The Bertz CT molecular complexity index is 505. The number of nitrogens with two attached hydrogens (primary N) is 1. The minimum atomic E-state index is -1.00. The first-order valence-corrected chi connectivity index (χ1v) is 4.94. The fraction of sp³-hybridized carbons (Fsp3) is 0.111. The van der Waals surface area contributed by atoms with Gasteiger partial charge in [0.25, 0.3) is 11.6 Å². The number of nitro groups is 1. The minimum Gasteiger partial charge on any atom is -0.482 e. The molecule has 0 aliphatic carbocycles. The number of hydrogen-bond donors (Lipinski definition) is 2. The van der Waals surface area contributed by atoms with Crippen molar-refractivity contribution in [1.29, 1.82) is 0 Å². The molecule has 18 heavy (non-hydrogen) atoms. The molecule has 0 bridgehead atoms. The molecule has 0 saturated heterocycles. The lowest BCUT2D eigenvalue weighted by Gasteiger charge is -2.06. The Morgan fingerprint density at radius 1 is 1.50 bits per heavy atom. The Hall–Kier alpha value is -2.35. The third-order valence-corrected chi connectivity index (χ3v) is 2.04. The summed E-state index contributed by atoms with van der Waals surface area (Å²) in [6, 6.07) is 2.51. The van der Waals surface area contributed by atoms with Gasteiger partial charge in [-0.05, 0) is 6.07 Å². The maximum absolute atomic E-state index is 11.0. The van der Waals surface area contributed by atoms with E-state index >= 15 is 0 Å². The van der Waals surface area contributed by atoms with E-state index in [-0.39, 0.29) is 16.5 Å². The highest BCUT2D eigenvalue weighted by atomic mass is 35.5. The molecule has 0 aromatic heterocycles. The van der Waals surface area contributed by atoms with Crippen LogP contribution in [-0.4, -0.2) is 23.5 Å². The van der Waals surface area contributed by atoms with E-state index in [2.05, 4.69) is 0 Å². The van der Waals surface area contributed by atoms with E-state index in [1.807, 2.05) is 0 Å². The van der Waals surface area contributed by atoms with Gasteiger partial charge < -0.3 is 10.5 Å². The number of halogens is 1. The van der Waals surface area contributed by atoms with Crippen LogP contribution in [0.1, 0.15) is 0 Å². The van der Waals surface area contributed by atoms with Crippen molar-refractivity contribution in [2.75, 3.05) is 6.61 Å². The van der Waals surface area contributed by atoms with Crippen molar-refractivity contribution in [3.8, 4) is 5.75 Å². The molecular weight excluding hydrogens is 266 g/mol. The molecule has 0 unspecified atom stereocenters. The lowest BCUT2D eigenvalue weighted by Crippen LogP contribution is -2.38. The second-order valence-corrected chi connectivity index (χ2v) is 3.48. The standard InChI is InChI=1S/C9H8ClN3O5/c10-6-3-5(13(16)17)1-2-7(6)18-4-8(14)12-9(11)15/h1-3H,4H2,(H3,11,12,14,15). The van der Waals surface area contributed by atoms with Crippen LogP contribution < -0.4 is 15.8 Å². The molecule has 0 fully saturated rings. The van der Waals surface area contributed by atoms with Gasteiger partial charge in [0.2, 0.25) is 0 Å². The molecule has 1 aromatic rings. The number of carbonyl (C=O) groups is 2. The number of rotatable bonds is 4. The van der Waals surface area contributed by atoms with Gasteiger partial charge in [-0.15, -0.1) is 0 Å². The maximum Gasteiger partial charge on any atom is 0.318 e. The zero-order valence-electron chi connectivity index (χ0n) is 8.88. The molecule has 0 radical (unpaired) electrons. The van der Waals surface area contributed by atoms with Gasteiger partial charge in [0.1, 0.15) is 5.75 Å². The summed E-state index contributed by atoms with van der Waals surface area (Å²) in [6.45, 7) is -0.486. The van der Waals surface area contributed by atoms with Crippen LogP contribution in [0.5, 0.6) is 5.75 Å². The van der Waals surface area contributed by atoms with Gasteiger partial charge in [0, 0.05) is 12.1 Å². The highest BCUT2D eigenvalue weighted by Crippen LogP contribution is 2.28. The zero-order chi connectivity index (χ0) is 13.7. The molecule has 1 aromatic carbocycles. The predicted octanol–water partition coefficient (Wildman–Crippen LogP) is 0.822. The number of hydrogen-bond acceptors (Lipinski definition) is 5. The largest absolute Gasteiger partial charge is 0.482 e. The van der Waals surface area contributed by atoms with Gasteiger partial charge in [-0.1, -0.05) is 11.6 Å². The van der Waals surface area contributed by atoms with Crippen LogP contribution in [0.15, 0.2) is 18.2 Å². The van der Waals surface area contributed by atoms with E-state index in [0.717, 1.165) is 6.07 Å². The molecule has 96 valence electrons. The second-order valence-electron chi connectivity index (χ2n) is 3.07. The number of nitrogens with one attached hydrogen (secondary N) is 1. The van der Waals surface area contributed by atoms with E-state index in [4.69, 9.17) is 22.1 Å². The van der Waals surface area contributed by atoms with Gasteiger partial charge in [-0.25, -0.2) is 4.79 Å². The topological polar surface area (TPSA) is 125 Å². The van der Waals surface area contributed by atoms with Crippen LogP contribution in [0.2, 0.25) is 5.02 Å². The Morgan fingerprint density at radius 3 is 2.67 bits per heavy atom. The van der Waals surface area contributed by atoms with Crippen molar-refractivity contribution in [1.82, 2.24) is 5.32 Å². The number of nitrogens with zero attached hydrogens (tertiary/aromatic N) is 1. The summed E-state index contributed by atoms with van der Waals surface area (Å²) in [6.07, 6.45) is 0. The van der Waals surface area contributed by atoms with E-state index in [1.54, 1.807) is 5.32 Å². The average Bonchev–Trinajstić information content (AvgIpc) is 2.26. The third kappa shape index (κ3) is 3.91. The molecule has 3 amide bonds. The SMILES string of the molecule is NC(=O)NC(=O)COc1ccc([N+](=O)[O-])cc1Cl. The quantitative estimate of drug-likeness (QED) is 0.620. The fourth-order valence-corrected chi connectivity index (χ4v) is 1.27. The third-order valence-electron chi connectivity index (χ3n) is 1.75. The number of urea groups is 1. The number of nitro benzene ring substituents is 1. The maximum atomic E-state index is 11.0. The van der Waals surface area contributed by atoms with E-state index in [0.29, 0.717) is 0 Å². The molecule has 3 N–H and O–H groups in total. The monoisotopic (exact) mass is 273 g/mol. The van der Waals surface area contributed by atoms with Crippen LogP contribution in [-0.2, 0) is 4.79 Å². The van der Waals surface area contributed by atoms with Crippen LogP contribution in [0.4, 0.5) is 10.5 Å². The van der Waals surface area contributed by atoms with E-state index in [1.165, 1.54) is 12.1 Å². The van der Waals surface area contributed by atoms with Crippen LogP contribution in [0.25, 0.3) is 0 Å². The molecular formula is C9H8ClN3O5. The summed E-state index contributed by atoms with van der Waals surface area (Å²) in [5, 5.41) is 12.2. The molecule has 0 saturated carbocycles. The number of imide groups is 1. The number of carbonyl (C=O) groups excluding carboxylic acids is 2. The van der Waals surface area contributed by atoms with Crippen molar-refractivity contribution < 1.29 is 19.2 Å². The van der Waals surface area contributed by atoms with Crippen LogP contribution in [0, 0.1) is 10.1 Å². The number of non-ortho nitro benzene ring substituents is 1. The number of primary amides is 1. The summed E-state index contributed by atoms with van der Waals surface area (Å²) >= 11 is 5.71. The number of amides is 3. The summed E-state index contributed by atoms with van der Waals surface area (Å²) in [4.78, 5) is 31.2. The molecule has 9 heteroatoms. The van der Waals surface area contributed by atoms with Gasteiger partial charge in [-0.3, -0.25) is 20.2 Å². The minimum absolute atomic E-state index is 0.0175. The summed E-state index contributed by atoms with van der Waals surface area (Å²) in [5.74, 6) is -0.668. The second kappa shape index (κ2) is 5.82. The number of ether oxygens (including phenoxy) is 1. The van der Waals surface area contributed by atoms with E-state index < -0.39 is 23.5 Å². The van der Waals surface area contributed by atoms with Gasteiger partial charge in [0.15, 0.2) is 6.61 Å².